The molecule has 0 spiro atoms. The summed E-state index contributed by atoms with van der Waals surface area (Å²) in [5.74, 6) is -0.869. The van der Waals surface area contributed by atoms with Gasteiger partial charge in [-0.2, -0.15) is 0 Å². The first kappa shape index (κ1) is 10.2. The normalized spacial score (nSPS) is 47.6. The van der Waals surface area contributed by atoms with Crippen molar-refractivity contribution in [3.05, 3.63) is 0 Å². The summed E-state index contributed by atoms with van der Waals surface area (Å²) in [7, 11) is -3.65. The van der Waals surface area contributed by atoms with Gasteiger partial charge in [0.2, 0.25) is 10.0 Å². The van der Waals surface area contributed by atoms with Gasteiger partial charge in [-0.05, 0) is 0 Å². The molecule has 0 aromatic carbocycles. The van der Waals surface area contributed by atoms with E-state index in [9.17, 15) is 12.8 Å². The van der Waals surface area contributed by atoms with Crippen molar-refractivity contribution in [1.82, 2.24) is 0 Å². The minimum absolute atomic E-state index is 0.402. The van der Waals surface area contributed by atoms with Gasteiger partial charge in [0.05, 0.1) is 5.75 Å². The number of halogens is 2. The Bertz CT molecular complexity index is 303. The van der Waals surface area contributed by atoms with Crippen molar-refractivity contribution in [1.29, 1.82) is 0 Å². The molecule has 0 aromatic rings. The lowest BCUT2D eigenvalue weighted by molar-refractivity contribution is 0.348. The smallest absolute Gasteiger partial charge is 0.209 e. The van der Waals surface area contributed by atoms with Crippen molar-refractivity contribution >= 4 is 21.6 Å². The molecule has 0 bridgehead atoms. The fourth-order valence-electron chi connectivity index (χ4n) is 1.44. The molecule has 0 amide bonds. The van der Waals surface area contributed by atoms with Crippen LogP contribution in [0.4, 0.5) is 4.39 Å². The molecule has 1 saturated carbocycles. The van der Waals surface area contributed by atoms with Crippen LogP contribution in [-0.4, -0.2) is 19.3 Å². The molecule has 72 valence electrons. The van der Waals surface area contributed by atoms with Crippen LogP contribution in [0, 0.1) is 11.3 Å². The molecule has 12 heavy (non-hydrogen) atoms. The summed E-state index contributed by atoms with van der Waals surface area (Å²) in [5.41, 5.74) is -1.03. The van der Waals surface area contributed by atoms with E-state index >= 15 is 0 Å². The van der Waals surface area contributed by atoms with Gasteiger partial charge in [-0.25, -0.2) is 17.9 Å². The van der Waals surface area contributed by atoms with Gasteiger partial charge in [0.1, 0.15) is 0 Å². The number of hydrogen-bond donors (Lipinski definition) is 1. The van der Waals surface area contributed by atoms with Gasteiger partial charge in [0.25, 0.3) is 0 Å². The highest BCUT2D eigenvalue weighted by molar-refractivity contribution is 7.89. The van der Waals surface area contributed by atoms with Crippen LogP contribution in [0.3, 0.4) is 0 Å². The van der Waals surface area contributed by atoms with Gasteiger partial charge < -0.3 is 0 Å². The molecule has 3 nitrogen and oxygen atoms in total. The Morgan fingerprint density at radius 3 is 2.08 bits per heavy atom. The molecule has 1 aliphatic carbocycles. The Labute approximate surface area is 76.1 Å². The highest BCUT2D eigenvalue weighted by Crippen LogP contribution is 2.67. The third-order valence-electron chi connectivity index (χ3n) is 2.68. The maximum atomic E-state index is 13.2. The van der Waals surface area contributed by atoms with Crippen LogP contribution >= 0.6 is 11.6 Å². The van der Waals surface area contributed by atoms with Gasteiger partial charge in [-0.15, -0.1) is 0 Å². The Balaban J connectivity index is 2.81. The predicted octanol–water partition coefficient (Wildman–Crippen LogP) is 0.836. The molecule has 0 aliphatic heterocycles. The SMILES string of the molecule is CC1C(F)(Cl)C1(C)CS(N)(=O)=O. The number of primary sulfonamides is 1. The Kier molecular flexibility index (Phi) is 1.98. The zero-order valence-electron chi connectivity index (χ0n) is 6.84. The summed E-state index contributed by atoms with van der Waals surface area (Å²) in [6, 6.07) is 0. The molecule has 3 atom stereocenters. The fraction of sp³-hybridized carbons (Fsp3) is 1.00. The fourth-order valence-corrected chi connectivity index (χ4v) is 3.23. The summed E-state index contributed by atoms with van der Waals surface area (Å²) in [6.45, 7) is 3.05. The van der Waals surface area contributed by atoms with Gasteiger partial charge >= 0.3 is 0 Å². The highest BCUT2D eigenvalue weighted by atomic mass is 35.5. The third kappa shape index (κ3) is 1.34. The van der Waals surface area contributed by atoms with Crippen molar-refractivity contribution in [2.75, 3.05) is 5.75 Å². The number of rotatable bonds is 2. The predicted molar refractivity (Wildman–Crippen MR) is 44.9 cm³/mol. The minimum atomic E-state index is -3.65. The molecule has 6 heteroatoms. The van der Waals surface area contributed by atoms with Gasteiger partial charge in [0, 0.05) is 11.3 Å². The summed E-state index contributed by atoms with van der Waals surface area (Å²) in [6.07, 6.45) is 0. The summed E-state index contributed by atoms with van der Waals surface area (Å²) in [5, 5.41) is 2.87. The zero-order chi connectivity index (χ0) is 9.78. The van der Waals surface area contributed by atoms with Crippen molar-refractivity contribution in [2.24, 2.45) is 16.5 Å². The van der Waals surface area contributed by atoms with Crippen molar-refractivity contribution in [3.8, 4) is 0 Å². The maximum absolute atomic E-state index is 13.2. The monoisotopic (exact) mass is 215 g/mol. The van der Waals surface area contributed by atoms with E-state index < -0.39 is 32.2 Å². The molecule has 1 fully saturated rings. The molecule has 3 unspecified atom stereocenters. The van der Waals surface area contributed by atoms with Gasteiger partial charge in [-0.1, -0.05) is 25.4 Å². The quantitative estimate of drug-likeness (QED) is 0.694. The first-order valence-electron chi connectivity index (χ1n) is 3.49. The average molecular weight is 216 g/mol. The van der Waals surface area contributed by atoms with E-state index in [-0.39, 0.29) is 0 Å². The van der Waals surface area contributed by atoms with E-state index in [1.54, 1.807) is 6.92 Å². The third-order valence-corrected chi connectivity index (χ3v) is 4.44. The topological polar surface area (TPSA) is 60.2 Å². The van der Waals surface area contributed by atoms with Crippen LogP contribution in [0.1, 0.15) is 13.8 Å². The van der Waals surface area contributed by atoms with Crippen LogP contribution in [-0.2, 0) is 10.0 Å². The summed E-state index contributed by atoms with van der Waals surface area (Å²) < 4.78 is 34.6. The first-order valence-corrected chi connectivity index (χ1v) is 5.59. The van der Waals surface area contributed by atoms with Crippen LogP contribution < -0.4 is 5.14 Å². The van der Waals surface area contributed by atoms with Crippen molar-refractivity contribution in [2.45, 2.75) is 19.0 Å². The summed E-state index contributed by atoms with van der Waals surface area (Å²) in [4.78, 5) is 0. The molecular weight excluding hydrogens is 205 g/mol. The number of hydrogen-bond acceptors (Lipinski definition) is 2. The van der Waals surface area contributed by atoms with Crippen LogP contribution in [0.2, 0.25) is 0 Å². The Hall–Kier alpha value is 0.130. The summed E-state index contributed by atoms with van der Waals surface area (Å²) >= 11 is 5.42. The Morgan fingerprint density at radius 2 is 2.00 bits per heavy atom. The molecule has 1 aliphatic rings. The first-order chi connectivity index (χ1) is 5.11. The van der Waals surface area contributed by atoms with E-state index in [4.69, 9.17) is 16.7 Å². The van der Waals surface area contributed by atoms with E-state index in [1.807, 2.05) is 0 Å². The number of sulfonamides is 1. The molecule has 1 rings (SSSR count). The molecule has 0 aromatic heterocycles. The van der Waals surface area contributed by atoms with E-state index in [0.717, 1.165) is 0 Å². The minimum Gasteiger partial charge on any atom is -0.229 e. The molecular formula is C6H11ClFNO2S. The van der Waals surface area contributed by atoms with E-state index in [2.05, 4.69) is 0 Å². The average Bonchev–Trinajstić information content (AvgIpc) is 2.10. The number of nitrogens with two attached hydrogens (primary N) is 1. The van der Waals surface area contributed by atoms with Crippen LogP contribution in [0.5, 0.6) is 0 Å². The second-order valence-electron chi connectivity index (χ2n) is 3.57. The largest absolute Gasteiger partial charge is 0.229 e. The molecule has 2 N–H and O–H groups in total. The molecule has 0 heterocycles. The van der Waals surface area contributed by atoms with Gasteiger partial charge in [0.15, 0.2) is 5.13 Å². The van der Waals surface area contributed by atoms with E-state index in [0.29, 0.717) is 0 Å². The lowest BCUT2D eigenvalue weighted by atomic mass is 10.1. The maximum Gasteiger partial charge on any atom is 0.209 e. The van der Waals surface area contributed by atoms with E-state index in [1.165, 1.54) is 6.92 Å². The van der Waals surface area contributed by atoms with Crippen LogP contribution in [0.15, 0.2) is 0 Å². The van der Waals surface area contributed by atoms with Crippen molar-refractivity contribution < 1.29 is 12.8 Å². The second-order valence-corrected chi connectivity index (χ2v) is 5.73. The van der Waals surface area contributed by atoms with Gasteiger partial charge in [-0.3, -0.25) is 0 Å². The Morgan fingerprint density at radius 1 is 1.67 bits per heavy atom. The highest BCUT2D eigenvalue weighted by Gasteiger charge is 2.73. The van der Waals surface area contributed by atoms with Crippen molar-refractivity contribution in [3.63, 3.8) is 0 Å². The second kappa shape index (κ2) is 2.33. The van der Waals surface area contributed by atoms with Crippen LogP contribution in [0.25, 0.3) is 0 Å². The zero-order valence-corrected chi connectivity index (χ0v) is 8.41. The molecule has 0 saturated heterocycles. The molecule has 0 radical (unpaired) electrons. The lowest BCUT2D eigenvalue weighted by Crippen LogP contribution is -2.25. The number of alkyl halides is 2. The standard InChI is InChI=1S/C6H11ClFNO2S/c1-4-5(2,6(4,7)8)3-12(9,10)11/h4H,3H2,1-2H3,(H2,9,10,11). The lowest BCUT2D eigenvalue weighted by Gasteiger charge is -2.07.